The van der Waals surface area contributed by atoms with Crippen molar-refractivity contribution < 1.29 is 14.3 Å². The molecule has 0 amide bonds. The molecule has 0 spiro atoms. The molecule has 0 heterocycles. The number of hydrogen-bond acceptors (Lipinski definition) is 3. The minimum absolute atomic E-state index is 0.200. The van der Waals surface area contributed by atoms with E-state index >= 15 is 0 Å². The molecule has 2 aromatic rings. The van der Waals surface area contributed by atoms with Crippen LogP contribution in [0.5, 0.6) is 0 Å². The molecule has 0 radical (unpaired) electrons. The number of ether oxygens (including phenoxy) is 1. The van der Waals surface area contributed by atoms with Crippen LogP contribution in [0.1, 0.15) is 51.6 Å². The lowest BCUT2D eigenvalue weighted by Crippen LogP contribution is -2.24. The number of ketones is 1. The fourth-order valence-corrected chi connectivity index (χ4v) is 3.26. The number of halogens is 1. The second-order valence-corrected chi connectivity index (χ2v) is 7.02. The van der Waals surface area contributed by atoms with Gasteiger partial charge in [0.25, 0.3) is 0 Å². The quantitative estimate of drug-likeness (QED) is 0.562. The first-order valence-corrected chi connectivity index (χ1v) is 8.96. The van der Waals surface area contributed by atoms with Crippen molar-refractivity contribution in [3.8, 4) is 0 Å². The first-order chi connectivity index (χ1) is 11.5. The topological polar surface area (TPSA) is 43.4 Å². The molecule has 0 saturated carbocycles. The molecule has 0 aromatic heterocycles. The summed E-state index contributed by atoms with van der Waals surface area (Å²) in [6, 6.07) is 12.7. The van der Waals surface area contributed by atoms with Gasteiger partial charge < -0.3 is 4.74 Å². The van der Waals surface area contributed by atoms with Gasteiger partial charge >= 0.3 is 5.97 Å². The van der Waals surface area contributed by atoms with E-state index in [0.717, 1.165) is 23.7 Å². The average molecular weight is 387 g/mol. The third kappa shape index (κ3) is 3.75. The zero-order chi connectivity index (χ0) is 17.1. The minimum Gasteiger partial charge on any atom is -0.451 e. The standard InChI is InChI=1S/C20H19BrO3/c1-13(19(22)15-8-10-18(21)11-9-15)24-20(23)17-7-6-14-4-2-3-5-16(14)12-17/h6-13H,2-5H2,1H3/t13-/m0/s1. The summed E-state index contributed by atoms with van der Waals surface area (Å²) in [5, 5.41) is 0. The van der Waals surface area contributed by atoms with E-state index in [0.29, 0.717) is 11.1 Å². The first-order valence-electron chi connectivity index (χ1n) is 8.17. The normalized spacial score (nSPS) is 14.6. The number of carbonyl (C=O) groups is 2. The van der Waals surface area contributed by atoms with Gasteiger partial charge in [0.1, 0.15) is 0 Å². The summed E-state index contributed by atoms with van der Waals surface area (Å²) >= 11 is 3.34. The van der Waals surface area contributed by atoms with Gasteiger partial charge in [-0.3, -0.25) is 4.79 Å². The molecule has 0 unspecified atom stereocenters. The van der Waals surface area contributed by atoms with Crippen LogP contribution in [0.2, 0.25) is 0 Å². The van der Waals surface area contributed by atoms with Gasteiger partial charge in [-0.1, -0.05) is 34.1 Å². The number of rotatable bonds is 4. The SMILES string of the molecule is C[C@H](OC(=O)c1ccc2c(c1)CCCC2)C(=O)c1ccc(Br)cc1. The third-order valence-corrected chi connectivity index (χ3v) is 4.89. The molecule has 0 bridgehead atoms. The van der Waals surface area contributed by atoms with E-state index < -0.39 is 12.1 Å². The van der Waals surface area contributed by atoms with Crippen LogP contribution in [0.25, 0.3) is 0 Å². The molecular formula is C20H19BrO3. The minimum atomic E-state index is -0.810. The Labute approximate surface area is 150 Å². The Morgan fingerprint density at radius 1 is 0.958 bits per heavy atom. The van der Waals surface area contributed by atoms with Gasteiger partial charge in [-0.25, -0.2) is 4.79 Å². The van der Waals surface area contributed by atoms with Crippen LogP contribution >= 0.6 is 15.9 Å². The fourth-order valence-electron chi connectivity index (χ4n) is 2.99. The van der Waals surface area contributed by atoms with Gasteiger partial charge in [-0.05, 0) is 68.0 Å². The Balaban J connectivity index is 1.69. The maximum atomic E-state index is 12.4. The molecule has 4 heteroatoms. The van der Waals surface area contributed by atoms with Gasteiger partial charge in [0.15, 0.2) is 6.10 Å². The maximum absolute atomic E-state index is 12.4. The number of esters is 1. The summed E-state index contributed by atoms with van der Waals surface area (Å²) in [5.74, 6) is -0.643. The van der Waals surface area contributed by atoms with Crippen molar-refractivity contribution in [1.82, 2.24) is 0 Å². The Hall–Kier alpha value is -1.94. The summed E-state index contributed by atoms with van der Waals surface area (Å²) in [4.78, 5) is 24.7. The van der Waals surface area contributed by atoms with Crippen LogP contribution in [0.4, 0.5) is 0 Å². The molecule has 0 saturated heterocycles. The number of carbonyl (C=O) groups excluding carboxylic acids is 2. The fraction of sp³-hybridized carbons (Fsp3) is 0.300. The molecule has 1 aliphatic rings. The molecule has 1 aliphatic carbocycles. The smallest absolute Gasteiger partial charge is 0.338 e. The first kappa shape index (κ1) is 16.9. The van der Waals surface area contributed by atoms with Crippen molar-refractivity contribution in [2.45, 2.75) is 38.7 Å². The molecule has 0 aliphatic heterocycles. The predicted molar refractivity (Wildman–Crippen MR) is 96.4 cm³/mol. The van der Waals surface area contributed by atoms with E-state index in [1.807, 2.05) is 12.1 Å². The predicted octanol–water partition coefficient (Wildman–Crippen LogP) is 4.76. The van der Waals surface area contributed by atoms with Crippen molar-refractivity contribution in [3.05, 3.63) is 69.2 Å². The highest BCUT2D eigenvalue weighted by molar-refractivity contribution is 9.10. The van der Waals surface area contributed by atoms with Crippen molar-refractivity contribution in [3.63, 3.8) is 0 Å². The van der Waals surface area contributed by atoms with Crippen molar-refractivity contribution in [2.24, 2.45) is 0 Å². The molecule has 3 nitrogen and oxygen atoms in total. The molecule has 0 fully saturated rings. The van der Waals surface area contributed by atoms with E-state index in [1.165, 1.54) is 17.5 Å². The number of benzene rings is 2. The highest BCUT2D eigenvalue weighted by atomic mass is 79.9. The molecule has 0 N–H and O–H groups in total. The number of Topliss-reactive ketones (excluding diaryl/α,β-unsaturated/α-hetero) is 1. The van der Waals surface area contributed by atoms with E-state index in [4.69, 9.17) is 4.74 Å². The Bertz CT molecular complexity index is 765. The van der Waals surface area contributed by atoms with Crippen LogP contribution in [-0.4, -0.2) is 17.9 Å². The van der Waals surface area contributed by atoms with Gasteiger partial charge in [0, 0.05) is 10.0 Å². The Morgan fingerprint density at radius 2 is 1.58 bits per heavy atom. The largest absolute Gasteiger partial charge is 0.451 e. The van der Waals surface area contributed by atoms with Gasteiger partial charge in [-0.2, -0.15) is 0 Å². The van der Waals surface area contributed by atoms with Crippen LogP contribution in [0, 0.1) is 0 Å². The molecule has 124 valence electrons. The summed E-state index contributed by atoms with van der Waals surface area (Å²) in [7, 11) is 0. The number of hydrogen-bond donors (Lipinski definition) is 0. The van der Waals surface area contributed by atoms with Gasteiger partial charge in [0.05, 0.1) is 5.56 Å². The monoisotopic (exact) mass is 386 g/mol. The van der Waals surface area contributed by atoms with E-state index in [1.54, 1.807) is 37.3 Å². The number of aryl methyl sites for hydroxylation is 2. The third-order valence-electron chi connectivity index (χ3n) is 4.37. The van der Waals surface area contributed by atoms with Crippen LogP contribution in [0.15, 0.2) is 46.9 Å². The van der Waals surface area contributed by atoms with Crippen LogP contribution in [-0.2, 0) is 17.6 Å². The lowest BCUT2D eigenvalue weighted by atomic mass is 9.90. The second-order valence-electron chi connectivity index (χ2n) is 6.11. The van der Waals surface area contributed by atoms with Crippen molar-refractivity contribution in [2.75, 3.05) is 0 Å². The summed E-state index contributed by atoms with van der Waals surface area (Å²) in [5.41, 5.74) is 3.59. The average Bonchev–Trinajstić information content (AvgIpc) is 2.61. The maximum Gasteiger partial charge on any atom is 0.338 e. The Kier molecular flexibility index (Phi) is 5.14. The van der Waals surface area contributed by atoms with E-state index in [9.17, 15) is 9.59 Å². The highest BCUT2D eigenvalue weighted by Crippen LogP contribution is 2.23. The molecule has 2 aromatic carbocycles. The van der Waals surface area contributed by atoms with E-state index in [-0.39, 0.29) is 5.78 Å². The molecular weight excluding hydrogens is 368 g/mol. The van der Waals surface area contributed by atoms with Crippen molar-refractivity contribution >= 4 is 27.7 Å². The molecule has 1 atom stereocenters. The number of fused-ring (bicyclic) bond motifs is 1. The lowest BCUT2D eigenvalue weighted by Gasteiger charge is -2.17. The lowest BCUT2D eigenvalue weighted by molar-refractivity contribution is 0.0318. The Morgan fingerprint density at radius 3 is 2.29 bits per heavy atom. The molecule has 3 rings (SSSR count). The second kappa shape index (κ2) is 7.31. The van der Waals surface area contributed by atoms with Crippen LogP contribution in [0.3, 0.4) is 0 Å². The van der Waals surface area contributed by atoms with E-state index in [2.05, 4.69) is 15.9 Å². The van der Waals surface area contributed by atoms with Gasteiger partial charge in [0.2, 0.25) is 5.78 Å². The van der Waals surface area contributed by atoms with Crippen LogP contribution < -0.4 is 0 Å². The molecule has 24 heavy (non-hydrogen) atoms. The highest BCUT2D eigenvalue weighted by Gasteiger charge is 2.21. The zero-order valence-corrected chi connectivity index (χ0v) is 15.1. The summed E-state index contributed by atoms with van der Waals surface area (Å²) in [6.45, 7) is 1.61. The van der Waals surface area contributed by atoms with Gasteiger partial charge in [-0.15, -0.1) is 0 Å². The summed E-state index contributed by atoms with van der Waals surface area (Å²) < 4.78 is 6.27. The van der Waals surface area contributed by atoms with Crippen molar-refractivity contribution in [1.29, 1.82) is 0 Å². The zero-order valence-electron chi connectivity index (χ0n) is 13.5. The summed E-state index contributed by atoms with van der Waals surface area (Å²) in [6.07, 6.45) is 3.63.